The Bertz CT molecular complexity index is 901. The molecule has 0 unspecified atom stereocenters. The predicted molar refractivity (Wildman–Crippen MR) is 74.9 cm³/mol. The molecule has 108 valence electrons. The van der Waals surface area contributed by atoms with Crippen LogP contribution in [0.5, 0.6) is 5.75 Å². The first-order valence-electron chi connectivity index (χ1n) is 5.95. The van der Waals surface area contributed by atoms with E-state index in [2.05, 4.69) is 4.98 Å². The second-order valence-corrected chi connectivity index (χ2v) is 4.75. The molecular formula is C14H9F3N2OS. The summed E-state index contributed by atoms with van der Waals surface area (Å²) in [5.41, 5.74) is 0.184. The van der Waals surface area contributed by atoms with Crippen molar-refractivity contribution in [1.29, 1.82) is 0 Å². The third-order valence-corrected chi connectivity index (χ3v) is 3.39. The second kappa shape index (κ2) is 4.92. The molecule has 3 rings (SSSR count). The molecular weight excluding hydrogens is 301 g/mol. The average Bonchev–Trinajstić information content (AvgIpc) is 2.76. The van der Waals surface area contributed by atoms with Crippen molar-refractivity contribution < 1.29 is 17.9 Å². The number of nitrogens with one attached hydrogen (secondary N) is 1. The Morgan fingerprint density at radius 3 is 2.57 bits per heavy atom. The zero-order chi connectivity index (χ0) is 15.1. The molecule has 2 aromatic carbocycles. The van der Waals surface area contributed by atoms with Crippen molar-refractivity contribution in [3.63, 3.8) is 0 Å². The molecule has 1 N–H and O–H groups in total. The van der Waals surface area contributed by atoms with Crippen LogP contribution in [0.25, 0.3) is 16.7 Å². The van der Waals surface area contributed by atoms with Gasteiger partial charge in [-0.25, -0.2) is 13.2 Å². The van der Waals surface area contributed by atoms with Crippen LogP contribution in [0.2, 0.25) is 0 Å². The maximum atomic E-state index is 14.1. The molecule has 0 amide bonds. The van der Waals surface area contributed by atoms with E-state index >= 15 is 0 Å². The zero-order valence-corrected chi connectivity index (χ0v) is 11.6. The highest BCUT2D eigenvalue weighted by molar-refractivity contribution is 7.71. The van der Waals surface area contributed by atoms with Crippen LogP contribution in [0.1, 0.15) is 0 Å². The quantitative estimate of drug-likeness (QED) is 0.722. The molecule has 0 aliphatic carbocycles. The minimum Gasteiger partial charge on any atom is -0.497 e. The highest BCUT2D eigenvalue weighted by Crippen LogP contribution is 2.27. The number of hydrogen-bond acceptors (Lipinski definition) is 2. The number of imidazole rings is 1. The largest absolute Gasteiger partial charge is 0.497 e. The molecule has 7 heteroatoms. The first kappa shape index (κ1) is 13.7. The van der Waals surface area contributed by atoms with Gasteiger partial charge in [-0.2, -0.15) is 0 Å². The fourth-order valence-corrected chi connectivity index (χ4v) is 2.46. The van der Waals surface area contributed by atoms with Crippen molar-refractivity contribution in [2.24, 2.45) is 0 Å². The smallest absolute Gasteiger partial charge is 0.182 e. The summed E-state index contributed by atoms with van der Waals surface area (Å²) in [6, 6.07) is 5.87. The van der Waals surface area contributed by atoms with Gasteiger partial charge in [-0.3, -0.25) is 4.57 Å². The van der Waals surface area contributed by atoms with Crippen molar-refractivity contribution in [2.75, 3.05) is 7.11 Å². The number of nitrogens with zero attached hydrogens (tertiary/aromatic N) is 1. The van der Waals surface area contributed by atoms with Crippen LogP contribution in [0.15, 0.2) is 30.3 Å². The van der Waals surface area contributed by atoms with E-state index in [1.807, 2.05) is 0 Å². The number of ether oxygens (including phenoxy) is 1. The number of fused-ring (bicyclic) bond motifs is 1. The molecule has 0 spiro atoms. The first-order valence-corrected chi connectivity index (χ1v) is 6.36. The molecule has 1 aromatic heterocycles. The number of H-pyrrole nitrogens is 1. The average molecular weight is 310 g/mol. The molecule has 0 radical (unpaired) electrons. The van der Waals surface area contributed by atoms with Crippen molar-refractivity contribution in [3.05, 3.63) is 52.6 Å². The fraction of sp³-hybridized carbons (Fsp3) is 0.0714. The first-order chi connectivity index (χ1) is 10.0. The Kier molecular flexibility index (Phi) is 3.21. The van der Waals surface area contributed by atoms with Crippen LogP contribution in [0, 0.1) is 22.2 Å². The summed E-state index contributed by atoms with van der Waals surface area (Å²) in [5, 5.41) is 0. The second-order valence-electron chi connectivity index (χ2n) is 4.36. The molecule has 0 aliphatic heterocycles. The molecule has 0 aliphatic rings. The Hall–Kier alpha value is -2.28. The summed E-state index contributed by atoms with van der Waals surface area (Å²) in [6.07, 6.45) is 0. The lowest BCUT2D eigenvalue weighted by molar-refractivity contribution is 0.413. The van der Waals surface area contributed by atoms with Gasteiger partial charge in [0, 0.05) is 18.2 Å². The van der Waals surface area contributed by atoms with E-state index in [0.717, 1.165) is 12.1 Å². The van der Waals surface area contributed by atoms with Gasteiger partial charge in [-0.05, 0) is 24.4 Å². The van der Waals surface area contributed by atoms with E-state index in [1.54, 1.807) is 0 Å². The fourth-order valence-electron chi connectivity index (χ4n) is 2.16. The number of aromatic nitrogens is 2. The summed E-state index contributed by atoms with van der Waals surface area (Å²) < 4.78 is 47.6. The van der Waals surface area contributed by atoms with Gasteiger partial charge in [0.15, 0.2) is 10.6 Å². The summed E-state index contributed by atoms with van der Waals surface area (Å²) in [5.74, 6) is -1.75. The molecule has 0 bridgehead atoms. The standard InChI is InChI=1S/C14H9F3N2OS/c1-20-8-2-3-9(16)11(6-8)19-12-5-7(15)4-10(17)13(12)18-14(19)21/h2-6H,1H3,(H,18,21). The van der Waals surface area contributed by atoms with Gasteiger partial charge in [0.05, 0.1) is 18.3 Å². The molecule has 0 saturated carbocycles. The Morgan fingerprint density at radius 2 is 1.86 bits per heavy atom. The summed E-state index contributed by atoms with van der Waals surface area (Å²) in [6.45, 7) is 0. The Labute approximate surface area is 122 Å². The van der Waals surface area contributed by atoms with Gasteiger partial charge >= 0.3 is 0 Å². The number of benzene rings is 2. The highest BCUT2D eigenvalue weighted by Gasteiger charge is 2.15. The molecule has 1 heterocycles. The minimum atomic E-state index is -0.793. The van der Waals surface area contributed by atoms with Crippen molar-refractivity contribution in [1.82, 2.24) is 9.55 Å². The van der Waals surface area contributed by atoms with Gasteiger partial charge in [0.2, 0.25) is 0 Å². The normalized spacial score (nSPS) is 11.0. The van der Waals surface area contributed by atoms with Crippen LogP contribution in [0.3, 0.4) is 0 Å². The van der Waals surface area contributed by atoms with E-state index in [-0.39, 0.29) is 21.5 Å². The molecule has 3 aromatic rings. The lowest BCUT2D eigenvalue weighted by atomic mass is 10.2. The molecule has 3 nitrogen and oxygen atoms in total. The van der Waals surface area contributed by atoms with Gasteiger partial charge in [0.25, 0.3) is 0 Å². The van der Waals surface area contributed by atoms with Gasteiger partial charge in [-0.15, -0.1) is 0 Å². The molecule has 21 heavy (non-hydrogen) atoms. The van der Waals surface area contributed by atoms with Crippen LogP contribution < -0.4 is 4.74 Å². The summed E-state index contributed by atoms with van der Waals surface area (Å²) >= 11 is 5.09. The minimum absolute atomic E-state index is 0.0172. The number of aromatic amines is 1. The van der Waals surface area contributed by atoms with Gasteiger partial charge in [0.1, 0.15) is 22.9 Å². The molecule has 0 atom stereocenters. The SMILES string of the molecule is COc1ccc(F)c(-n2c(=S)[nH]c3c(F)cc(F)cc32)c1. The van der Waals surface area contributed by atoms with Gasteiger partial charge in [-0.1, -0.05) is 0 Å². The van der Waals surface area contributed by atoms with Crippen LogP contribution in [-0.2, 0) is 0 Å². The van der Waals surface area contributed by atoms with E-state index in [9.17, 15) is 13.2 Å². The summed E-state index contributed by atoms with van der Waals surface area (Å²) in [4.78, 5) is 2.61. The van der Waals surface area contributed by atoms with Gasteiger partial charge < -0.3 is 9.72 Å². The summed E-state index contributed by atoms with van der Waals surface area (Å²) in [7, 11) is 1.44. The monoisotopic (exact) mass is 310 g/mol. The van der Waals surface area contributed by atoms with Crippen LogP contribution >= 0.6 is 12.2 Å². The van der Waals surface area contributed by atoms with E-state index in [4.69, 9.17) is 17.0 Å². The molecule has 0 saturated heterocycles. The topological polar surface area (TPSA) is 29.9 Å². The van der Waals surface area contributed by atoms with E-state index < -0.39 is 17.5 Å². The lowest BCUT2D eigenvalue weighted by Gasteiger charge is -2.08. The van der Waals surface area contributed by atoms with E-state index in [0.29, 0.717) is 5.75 Å². The number of halogens is 3. The third-order valence-electron chi connectivity index (χ3n) is 3.10. The van der Waals surface area contributed by atoms with Crippen molar-refractivity contribution in [2.45, 2.75) is 0 Å². The maximum Gasteiger partial charge on any atom is 0.182 e. The molecule has 0 fully saturated rings. The number of methoxy groups -OCH3 is 1. The van der Waals surface area contributed by atoms with Crippen LogP contribution in [0.4, 0.5) is 13.2 Å². The maximum absolute atomic E-state index is 14.1. The number of rotatable bonds is 2. The predicted octanol–water partition coefficient (Wildman–Crippen LogP) is 4.11. The Morgan fingerprint density at radius 1 is 1.10 bits per heavy atom. The van der Waals surface area contributed by atoms with E-state index in [1.165, 1.54) is 29.9 Å². The van der Waals surface area contributed by atoms with Crippen molar-refractivity contribution in [3.8, 4) is 11.4 Å². The third kappa shape index (κ3) is 2.19. The zero-order valence-electron chi connectivity index (χ0n) is 10.8. The van der Waals surface area contributed by atoms with Crippen molar-refractivity contribution >= 4 is 23.3 Å². The highest BCUT2D eigenvalue weighted by atomic mass is 32.1. The number of hydrogen-bond donors (Lipinski definition) is 1. The Balaban J connectivity index is 2.40. The lowest BCUT2D eigenvalue weighted by Crippen LogP contribution is -1.99. The van der Waals surface area contributed by atoms with Crippen LogP contribution in [-0.4, -0.2) is 16.7 Å².